The van der Waals surface area contributed by atoms with E-state index in [-0.39, 0.29) is 19.4 Å². The van der Waals surface area contributed by atoms with Gasteiger partial charge in [0.2, 0.25) is 0 Å². The minimum atomic E-state index is -1.38. The maximum absolute atomic E-state index is 14.4. The van der Waals surface area contributed by atoms with Crippen LogP contribution in [-0.2, 0) is 25.5 Å². The number of carboxylic acid groups (broad SMARTS) is 1. The number of benzene rings is 3. The van der Waals surface area contributed by atoms with Crippen LogP contribution in [0.25, 0.3) is 0 Å². The molecule has 11 heteroatoms. The second-order valence-corrected chi connectivity index (χ2v) is 11.3. The first kappa shape index (κ1) is 33.6. The summed E-state index contributed by atoms with van der Waals surface area (Å²) in [6.07, 6.45) is 6.32. The highest BCUT2D eigenvalue weighted by atomic mass is 35.5. The predicted molar refractivity (Wildman–Crippen MR) is 175 cm³/mol. The van der Waals surface area contributed by atoms with E-state index < -0.39 is 35.7 Å². The van der Waals surface area contributed by atoms with Crippen LogP contribution in [0.15, 0.2) is 103 Å². The molecule has 0 spiro atoms. The molecule has 0 bridgehead atoms. The Kier molecular flexibility index (Phi) is 11.6. The van der Waals surface area contributed by atoms with Crippen molar-refractivity contribution in [2.75, 3.05) is 23.2 Å². The molecule has 0 saturated heterocycles. The lowest BCUT2D eigenvalue weighted by Crippen LogP contribution is -2.59. The molecule has 0 fully saturated rings. The number of nitrogens with zero attached hydrogens (tertiary/aromatic N) is 2. The average Bonchev–Trinajstić information content (AvgIpc) is 3.02. The van der Waals surface area contributed by atoms with Crippen LogP contribution in [0.3, 0.4) is 0 Å². The maximum Gasteiger partial charge on any atom is 0.341 e. The van der Waals surface area contributed by atoms with Crippen LogP contribution in [0.2, 0.25) is 10.0 Å². The standard InChI is InChI=1S/C34H35Cl2N3O6/c1-3-44-24(2)45-31(40)30(22-25-10-6-4-7-11-25)37-33(43)39(29-18-14-27(36)15-19-29)38(28-16-12-26(35)13-17-28)23-34(32(41)42)20-8-5-9-21-34/h4-20,24,30H,3,21-23H2,1-2H3,(H,37,43)(H,41,42)/t24?,30-,34?/m0/s1. The lowest BCUT2D eigenvalue weighted by Gasteiger charge is -2.41. The molecule has 9 nitrogen and oxygen atoms in total. The van der Waals surface area contributed by atoms with Crippen molar-refractivity contribution in [2.45, 2.75) is 39.0 Å². The molecule has 45 heavy (non-hydrogen) atoms. The number of carbonyl (C=O) groups is 3. The average molecular weight is 653 g/mol. The van der Waals surface area contributed by atoms with Crippen LogP contribution in [-0.4, -0.2) is 48.6 Å². The lowest BCUT2D eigenvalue weighted by molar-refractivity contribution is -0.176. The second kappa shape index (κ2) is 15.6. The van der Waals surface area contributed by atoms with E-state index in [4.69, 9.17) is 32.7 Å². The molecule has 0 aliphatic heterocycles. The minimum Gasteiger partial charge on any atom is -0.481 e. The number of hydrazine groups is 1. The van der Waals surface area contributed by atoms with E-state index in [9.17, 15) is 19.5 Å². The molecule has 1 aliphatic rings. The summed E-state index contributed by atoms with van der Waals surface area (Å²) in [6, 6.07) is 20.6. The highest BCUT2D eigenvalue weighted by Gasteiger charge is 2.41. The van der Waals surface area contributed by atoms with Crippen molar-refractivity contribution < 1.29 is 29.0 Å². The summed E-state index contributed by atoms with van der Waals surface area (Å²) in [7, 11) is 0. The number of ether oxygens (including phenoxy) is 2. The number of hydrogen-bond donors (Lipinski definition) is 2. The Morgan fingerprint density at radius 3 is 2.11 bits per heavy atom. The van der Waals surface area contributed by atoms with Crippen LogP contribution >= 0.6 is 23.2 Å². The Balaban J connectivity index is 1.79. The topological polar surface area (TPSA) is 108 Å². The van der Waals surface area contributed by atoms with Gasteiger partial charge >= 0.3 is 18.0 Å². The third-order valence-electron chi connectivity index (χ3n) is 7.18. The van der Waals surface area contributed by atoms with Gasteiger partial charge in [-0.2, -0.15) is 0 Å². The SMILES string of the molecule is CCOC(C)OC(=O)[C@H](Cc1ccccc1)NC(=O)N(c1ccc(Cl)cc1)N(CC1(C(=O)O)C=CC=CC1)c1ccc(Cl)cc1. The van der Waals surface area contributed by atoms with Crippen LogP contribution in [0.1, 0.15) is 25.8 Å². The zero-order chi connectivity index (χ0) is 32.4. The first-order valence-electron chi connectivity index (χ1n) is 14.4. The zero-order valence-corrected chi connectivity index (χ0v) is 26.4. The Morgan fingerprint density at radius 1 is 0.933 bits per heavy atom. The van der Waals surface area contributed by atoms with Crippen LogP contribution in [0, 0.1) is 5.41 Å². The molecule has 236 valence electrons. The smallest absolute Gasteiger partial charge is 0.341 e. The van der Waals surface area contributed by atoms with Gasteiger partial charge in [0.1, 0.15) is 11.5 Å². The van der Waals surface area contributed by atoms with Crippen molar-refractivity contribution in [1.29, 1.82) is 0 Å². The number of esters is 1. The monoisotopic (exact) mass is 651 g/mol. The molecule has 4 rings (SSSR count). The summed E-state index contributed by atoms with van der Waals surface area (Å²) in [5.74, 6) is -1.75. The van der Waals surface area contributed by atoms with Crippen molar-refractivity contribution in [3.8, 4) is 0 Å². The third kappa shape index (κ3) is 8.88. The number of nitrogens with one attached hydrogen (secondary N) is 1. The molecule has 3 aromatic rings. The van der Waals surface area contributed by atoms with Gasteiger partial charge in [-0.1, -0.05) is 77.8 Å². The number of hydrogen-bond acceptors (Lipinski definition) is 6. The largest absolute Gasteiger partial charge is 0.481 e. The molecule has 0 aromatic heterocycles. The lowest BCUT2D eigenvalue weighted by atomic mass is 9.81. The first-order chi connectivity index (χ1) is 21.6. The molecule has 1 aliphatic carbocycles. The quantitative estimate of drug-likeness (QED) is 0.116. The number of allylic oxidation sites excluding steroid dienone is 3. The molecule has 2 unspecified atom stereocenters. The van der Waals surface area contributed by atoms with Gasteiger partial charge in [-0.3, -0.25) is 9.80 Å². The molecule has 0 radical (unpaired) electrons. The number of amides is 2. The van der Waals surface area contributed by atoms with Crippen molar-refractivity contribution in [3.63, 3.8) is 0 Å². The summed E-state index contributed by atoms with van der Waals surface area (Å²) < 4.78 is 10.9. The van der Waals surface area contributed by atoms with E-state index in [0.717, 1.165) is 5.56 Å². The van der Waals surface area contributed by atoms with E-state index in [1.807, 2.05) is 30.3 Å². The second-order valence-electron chi connectivity index (χ2n) is 10.4. The minimum absolute atomic E-state index is 0.131. The van der Waals surface area contributed by atoms with Gasteiger partial charge in [-0.25, -0.2) is 14.6 Å². The number of anilines is 2. The first-order valence-corrected chi connectivity index (χ1v) is 15.2. The maximum atomic E-state index is 14.4. The summed E-state index contributed by atoms with van der Waals surface area (Å²) in [5.41, 5.74) is 0.270. The number of urea groups is 1. The van der Waals surface area contributed by atoms with Crippen molar-refractivity contribution in [1.82, 2.24) is 5.32 Å². The van der Waals surface area contributed by atoms with E-state index in [0.29, 0.717) is 28.0 Å². The van der Waals surface area contributed by atoms with E-state index >= 15 is 0 Å². The summed E-state index contributed by atoms with van der Waals surface area (Å²) in [6.45, 7) is 3.57. The molecule has 3 atom stereocenters. The number of halogens is 2. The Hall–Kier alpha value is -4.31. The molecule has 2 amide bonds. The number of carboxylic acids is 1. The highest BCUT2D eigenvalue weighted by Crippen LogP contribution is 2.34. The van der Waals surface area contributed by atoms with Gasteiger partial charge in [0.15, 0.2) is 6.29 Å². The Bertz CT molecular complexity index is 1520. The van der Waals surface area contributed by atoms with Gasteiger partial charge in [0.25, 0.3) is 0 Å². The van der Waals surface area contributed by atoms with Gasteiger partial charge in [0.05, 0.1) is 17.9 Å². The van der Waals surface area contributed by atoms with E-state index in [1.165, 1.54) is 5.01 Å². The Morgan fingerprint density at radius 2 is 1.56 bits per heavy atom. The predicted octanol–water partition coefficient (Wildman–Crippen LogP) is 7.06. The van der Waals surface area contributed by atoms with E-state index in [2.05, 4.69) is 5.32 Å². The molecular formula is C34H35Cl2N3O6. The number of carbonyl (C=O) groups excluding carboxylic acids is 2. The summed E-state index contributed by atoms with van der Waals surface area (Å²) in [5, 5.41) is 17.0. The third-order valence-corrected chi connectivity index (χ3v) is 7.68. The molecular weight excluding hydrogens is 617 g/mol. The zero-order valence-electron chi connectivity index (χ0n) is 24.9. The van der Waals surface area contributed by atoms with Gasteiger partial charge < -0.3 is 19.9 Å². The van der Waals surface area contributed by atoms with Crippen molar-refractivity contribution in [3.05, 3.63) is 119 Å². The molecule has 0 heterocycles. The van der Waals surface area contributed by atoms with Gasteiger partial charge in [-0.15, -0.1) is 0 Å². The number of rotatable bonds is 13. The van der Waals surface area contributed by atoms with Crippen molar-refractivity contribution in [2.24, 2.45) is 5.41 Å². The molecule has 2 N–H and O–H groups in total. The fourth-order valence-corrected chi connectivity index (χ4v) is 5.13. The highest BCUT2D eigenvalue weighted by molar-refractivity contribution is 6.31. The fraction of sp³-hybridized carbons (Fsp3) is 0.265. The fourth-order valence-electron chi connectivity index (χ4n) is 4.88. The van der Waals surface area contributed by atoms with Gasteiger partial charge in [0, 0.05) is 23.1 Å². The van der Waals surface area contributed by atoms with Crippen molar-refractivity contribution >= 4 is 52.5 Å². The van der Waals surface area contributed by atoms with Crippen LogP contribution in [0.4, 0.5) is 16.2 Å². The summed E-state index contributed by atoms with van der Waals surface area (Å²) >= 11 is 12.4. The van der Waals surface area contributed by atoms with Crippen LogP contribution in [0.5, 0.6) is 0 Å². The van der Waals surface area contributed by atoms with E-state index in [1.54, 1.807) is 91.7 Å². The molecule has 0 saturated carbocycles. The number of aliphatic carboxylic acids is 1. The molecule has 3 aromatic carbocycles. The summed E-state index contributed by atoms with van der Waals surface area (Å²) in [4.78, 5) is 40.6. The Labute approximate surface area is 272 Å². The van der Waals surface area contributed by atoms with Crippen LogP contribution < -0.4 is 15.3 Å². The van der Waals surface area contributed by atoms with Gasteiger partial charge in [-0.05, 0) is 74.4 Å². The normalized spacial score (nSPS) is 16.8.